The summed E-state index contributed by atoms with van der Waals surface area (Å²) in [5, 5.41) is 14.2. The van der Waals surface area contributed by atoms with E-state index in [0.29, 0.717) is 10.8 Å². The van der Waals surface area contributed by atoms with Crippen molar-refractivity contribution in [3.8, 4) is 0 Å². The van der Waals surface area contributed by atoms with Crippen LogP contribution in [0.1, 0.15) is 11.7 Å². The number of anilines is 1. The number of carbonyl (C=O) groups is 1. The number of likely N-dealkylation sites (N-methyl/N-ethyl adjacent to an activating group) is 1. The fourth-order valence-electron chi connectivity index (χ4n) is 1.02. The molecular formula is C9H16N4O2S. The minimum Gasteiger partial charge on any atom is -0.480 e. The van der Waals surface area contributed by atoms with Gasteiger partial charge in [0.1, 0.15) is 6.04 Å². The molecule has 16 heavy (non-hydrogen) atoms. The van der Waals surface area contributed by atoms with Crippen molar-refractivity contribution >= 4 is 22.4 Å². The highest BCUT2D eigenvalue weighted by molar-refractivity contribution is 7.13. The van der Waals surface area contributed by atoms with Gasteiger partial charge in [0.2, 0.25) is 0 Å². The van der Waals surface area contributed by atoms with Gasteiger partial charge in [-0.25, -0.2) is 4.98 Å². The van der Waals surface area contributed by atoms with E-state index in [1.807, 2.05) is 19.0 Å². The molecule has 0 amide bonds. The lowest BCUT2D eigenvalue weighted by atomic mass is 10.2. The van der Waals surface area contributed by atoms with Crippen molar-refractivity contribution < 1.29 is 9.90 Å². The number of hydrogen-bond acceptors (Lipinski definition) is 6. The first-order valence-electron chi connectivity index (χ1n) is 4.83. The van der Waals surface area contributed by atoms with Gasteiger partial charge >= 0.3 is 5.97 Å². The first-order chi connectivity index (χ1) is 7.50. The number of rotatable bonds is 6. The summed E-state index contributed by atoms with van der Waals surface area (Å²) in [5.74, 6) is -1.06. The van der Waals surface area contributed by atoms with Crippen LogP contribution >= 0.6 is 11.3 Å². The van der Waals surface area contributed by atoms with Crippen LogP contribution in [0.3, 0.4) is 0 Å². The van der Waals surface area contributed by atoms with Crippen LogP contribution in [0.15, 0.2) is 5.38 Å². The highest BCUT2D eigenvalue weighted by Gasteiger charge is 2.17. The fraction of sp³-hybridized carbons (Fsp3) is 0.556. The summed E-state index contributed by atoms with van der Waals surface area (Å²) in [6.07, 6.45) is 0. The number of hydrogen-bond donors (Lipinski definition) is 3. The van der Waals surface area contributed by atoms with Gasteiger partial charge in [-0.2, -0.15) is 0 Å². The van der Waals surface area contributed by atoms with E-state index in [0.717, 1.165) is 13.1 Å². The quantitative estimate of drug-likeness (QED) is 0.662. The summed E-state index contributed by atoms with van der Waals surface area (Å²) in [7, 11) is 3.96. The van der Waals surface area contributed by atoms with E-state index in [-0.39, 0.29) is 0 Å². The summed E-state index contributed by atoms with van der Waals surface area (Å²) >= 11 is 1.36. The van der Waals surface area contributed by atoms with E-state index in [1.165, 1.54) is 11.3 Å². The molecule has 0 bridgehead atoms. The second-order valence-corrected chi connectivity index (χ2v) is 4.48. The van der Waals surface area contributed by atoms with Crippen molar-refractivity contribution in [1.82, 2.24) is 9.88 Å². The third-order valence-electron chi connectivity index (χ3n) is 1.94. The highest BCUT2D eigenvalue weighted by atomic mass is 32.1. The number of carboxylic acids is 1. The SMILES string of the molecule is CN(C)CCNc1nc(C(N)C(=O)O)cs1. The summed E-state index contributed by atoms with van der Waals surface area (Å²) in [5.41, 5.74) is 5.83. The van der Waals surface area contributed by atoms with Crippen molar-refractivity contribution in [1.29, 1.82) is 0 Å². The van der Waals surface area contributed by atoms with E-state index >= 15 is 0 Å². The van der Waals surface area contributed by atoms with Crippen molar-refractivity contribution in [3.05, 3.63) is 11.1 Å². The van der Waals surface area contributed by atoms with Crippen LogP contribution in [0, 0.1) is 0 Å². The largest absolute Gasteiger partial charge is 0.480 e. The first kappa shape index (κ1) is 12.9. The molecule has 0 aliphatic rings. The van der Waals surface area contributed by atoms with Gasteiger partial charge in [0.05, 0.1) is 5.69 Å². The predicted octanol–water partition coefficient (Wildman–Crippen LogP) is 0.201. The molecule has 1 atom stereocenters. The van der Waals surface area contributed by atoms with Gasteiger partial charge in [-0.1, -0.05) is 0 Å². The minimum atomic E-state index is -1.06. The molecular weight excluding hydrogens is 228 g/mol. The Morgan fingerprint density at radius 1 is 1.75 bits per heavy atom. The normalized spacial score (nSPS) is 12.8. The molecule has 0 fully saturated rings. The molecule has 4 N–H and O–H groups in total. The van der Waals surface area contributed by atoms with Crippen molar-refractivity contribution in [2.75, 3.05) is 32.5 Å². The zero-order chi connectivity index (χ0) is 12.1. The molecule has 1 aromatic rings. The van der Waals surface area contributed by atoms with Crippen molar-refractivity contribution in [2.45, 2.75) is 6.04 Å². The Hall–Kier alpha value is -1.18. The van der Waals surface area contributed by atoms with Gasteiger partial charge in [0.15, 0.2) is 5.13 Å². The molecule has 1 rings (SSSR count). The van der Waals surface area contributed by atoms with Gasteiger partial charge in [0, 0.05) is 18.5 Å². The van der Waals surface area contributed by atoms with Crippen molar-refractivity contribution in [2.24, 2.45) is 5.73 Å². The Morgan fingerprint density at radius 2 is 2.44 bits per heavy atom. The van der Waals surface area contributed by atoms with Gasteiger partial charge < -0.3 is 21.1 Å². The third-order valence-corrected chi connectivity index (χ3v) is 2.76. The van der Waals surface area contributed by atoms with Crippen LogP contribution in [0.25, 0.3) is 0 Å². The average molecular weight is 244 g/mol. The molecule has 0 saturated carbocycles. The van der Waals surface area contributed by atoms with Crippen molar-refractivity contribution in [3.63, 3.8) is 0 Å². The smallest absolute Gasteiger partial charge is 0.326 e. The number of thiazole rings is 1. The fourth-order valence-corrected chi connectivity index (χ4v) is 1.80. The number of carboxylic acid groups (broad SMARTS) is 1. The Kier molecular flexibility index (Phi) is 4.66. The molecule has 0 radical (unpaired) electrons. The van der Waals surface area contributed by atoms with Crippen LogP contribution in [0.2, 0.25) is 0 Å². The second kappa shape index (κ2) is 5.78. The molecule has 1 aromatic heterocycles. The summed E-state index contributed by atoms with van der Waals surface area (Å²) in [6, 6.07) is -1.04. The van der Waals surface area contributed by atoms with Gasteiger partial charge in [-0.05, 0) is 14.1 Å². The lowest BCUT2D eigenvalue weighted by molar-refractivity contribution is -0.138. The van der Waals surface area contributed by atoms with E-state index in [2.05, 4.69) is 10.3 Å². The molecule has 0 saturated heterocycles. The van der Waals surface area contributed by atoms with E-state index in [1.54, 1.807) is 5.38 Å². The van der Waals surface area contributed by atoms with Gasteiger partial charge in [0.25, 0.3) is 0 Å². The Balaban J connectivity index is 2.48. The van der Waals surface area contributed by atoms with Crippen LogP contribution < -0.4 is 11.1 Å². The topological polar surface area (TPSA) is 91.5 Å². The molecule has 0 aromatic carbocycles. The molecule has 6 nitrogen and oxygen atoms in total. The monoisotopic (exact) mass is 244 g/mol. The Morgan fingerprint density at radius 3 is 3.00 bits per heavy atom. The van der Waals surface area contributed by atoms with Crippen LogP contribution in [-0.2, 0) is 4.79 Å². The molecule has 0 spiro atoms. The molecule has 1 heterocycles. The Labute approximate surface area is 98.1 Å². The standard InChI is InChI=1S/C9H16N4O2S/c1-13(2)4-3-11-9-12-6(5-16-9)7(10)8(14)15/h5,7H,3-4,10H2,1-2H3,(H,11,12)(H,14,15). The van der Waals surface area contributed by atoms with Gasteiger partial charge in [-0.15, -0.1) is 11.3 Å². The molecule has 1 unspecified atom stereocenters. The number of nitrogens with zero attached hydrogens (tertiary/aromatic N) is 2. The average Bonchev–Trinajstić information content (AvgIpc) is 2.64. The number of aliphatic carboxylic acids is 1. The zero-order valence-electron chi connectivity index (χ0n) is 9.30. The van der Waals surface area contributed by atoms with E-state index in [4.69, 9.17) is 10.8 Å². The summed E-state index contributed by atoms with van der Waals surface area (Å²) in [6.45, 7) is 1.65. The lowest BCUT2D eigenvalue weighted by Crippen LogP contribution is -2.22. The van der Waals surface area contributed by atoms with E-state index < -0.39 is 12.0 Å². The highest BCUT2D eigenvalue weighted by Crippen LogP contribution is 2.19. The second-order valence-electron chi connectivity index (χ2n) is 3.62. The number of nitrogens with one attached hydrogen (secondary N) is 1. The number of aromatic nitrogens is 1. The van der Waals surface area contributed by atoms with Gasteiger partial charge in [-0.3, -0.25) is 4.79 Å². The molecule has 0 aliphatic carbocycles. The maximum Gasteiger partial charge on any atom is 0.326 e. The third kappa shape index (κ3) is 3.76. The molecule has 90 valence electrons. The first-order valence-corrected chi connectivity index (χ1v) is 5.71. The lowest BCUT2D eigenvalue weighted by Gasteiger charge is -2.09. The minimum absolute atomic E-state index is 0.393. The van der Waals surface area contributed by atoms with Crippen LogP contribution in [0.5, 0.6) is 0 Å². The van der Waals surface area contributed by atoms with Crippen LogP contribution in [0.4, 0.5) is 5.13 Å². The maximum absolute atomic E-state index is 10.6. The summed E-state index contributed by atoms with van der Waals surface area (Å²) < 4.78 is 0. The van der Waals surface area contributed by atoms with E-state index in [9.17, 15) is 4.79 Å². The number of nitrogens with two attached hydrogens (primary N) is 1. The summed E-state index contributed by atoms with van der Waals surface area (Å²) in [4.78, 5) is 16.8. The predicted molar refractivity (Wildman–Crippen MR) is 63.7 cm³/mol. The molecule has 7 heteroatoms. The Bertz CT molecular complexity index is 353. The van der Waals surface area contributed by atoms with Crippen LogP contribution in [-0.4, -0.2) is 48.1 Å². The zero-order valence-corrected chi connectivity index (χ0v) is 10.1. The maximum atomic E-state index is 10.6. The molecule has 0 aliphatic heterocycles.